The van der Waals surface area contributed by atoms with Crippen molar-refractivity contribution in [2.24, 2.45) is 10.7 Å². The number of nitrogens with two attached hydrogens (primary N) is 1. The summed E-state index contributed by atoms with van der Waals surface area (Å²) in [6, 6.07) is 13.2. The first-order chi connectivity index (χ1) is 9.29. The van der Waals surface area contributed by atoms with Crippen LogP contribution in [0.3, 0.4) is 0 Å². The van der Waals surface area contributed by atoms with Crippen LogP contribution in [0.4, 0.5) is 5.69 Å². The Morgan fingerprint density at radius 2 is 2.00 bits per heavy atom. The number of hydrogen-bond acceptors (Lipinski definition) is 3. The van der Waals surface area contributed by atoms with Gasteiger partial charge in [-0.3, -0.25) is 4.98 Å². The van der Waals surface area contributed by atoms with E-state index in [4.69, 9.17) is 10.5 Å². The van der Waals surface area contributed by atoms with Crippen LogP contribution in [0.1, 0.15) is 5.69 Å². The average molecular weight is 384 g/mol. The summed E-state index contributed by atoms with van der Waals surface area (Å²) in [4.78, 5) is 8.41. The number of halogens is 1. The number of pyridine rings is 1. The van der Waals surface area contributed by atoms with E-state index in [9.17, 15) is 0 Å². The van der Waals surface area contributed by atoms with Gasteiger partial charge in [0, 0.05) is 6.20 Å². The number of anilines is 1. The summed E-state index contributed by atoms with van der Waals surface area (Å²) in [5, 5.41) is 3.01. The fourth-order valence-corrected chi connectivity index (χ4v) is 1.58. The van der Waals surface area contributed by atoms with Crippen molar-refractivity contribution in [3.8, 4) is 5.75 Å². The Bertz CT molecular complexity index is 560. The van der Waals surface area contributed by atoms with Crippen molar-refractivity contribution < 1.29 is 4.74 Å². The quantitative estimate of drug-likeness (QED) is 0.483. The number of nitrogens with zero attached hydrogens (tertiary/aromatic N) is 2. The Labute approximate surface area is 135 Å². The zero-order valence-electron chi connectivity index (χ0n) is 11.1. The molecule has 3 N–H and O–H groups in total. The van der Waals surface area contributed by atoms with Crippen molar-refractivity contribution in [3.05, 3.63) is 54.4 Å². The molecule has 0 saturated heterocycles. The second-order valence-corrected chi connectivity index (χ2v) is 3.85. The molecule has 2 rings (SSSR count). The van der Waals surface area contributed by atoms with Crippen molar-refractivity contribution in [2.75, 3.05) is 12.4 Å². The van der Waals surface area contributed by atoms with Crippen LogP contribution in [0.2, 0.25) is 0 Å². The molecule has 2 aromatic rings. The second kappa shape index (κ2) is 8.36. The highest BCUT2D eigenvalue weighted by molar-refractivity contribution is 14.0. The smallest absolute Gasteiger partial charge is 0.193 e. The number of rotatable bonds is 4. The molecule has 0 radical (unpaired) electrons. The third-order valence-electron chi connectivity index (χ3n) is 2.51. The summed E-state index contributed by atoms with van der Waals surface area (Å²) >= 11 is 0. The molecule has 0 spiro atoms. The largest absolute Gasteiger partial charge is 0.495 e. The molecule has 0 saturated carbocycles. The molecule has 0 aliphatic heterocycles. The number of aliphatic imine (C=N–C) groups is 1. The van der Waals surface area contributed by atoms with Gasteiger partial charge in [0.05, 0.1) is 25.0 Å². The molecule has 0 atom stereocenters. The maximum atomic E-state index is 5.83. The van der Waals surface area contributed by atoms with Gasteiger partial charge < -0.3 is 15.8 Å². The molecule has 1 heterocycles. The molecule has 0 unspecified atom stereocenters. The molecule has 20 heavy (non-hydrogen) atoms. The molecule has 0 bridgehead atoms. The number of para-hydroxylation sites is 2. The highest BCUT2D eigenvalue weighted by atomic mass is 127. The Morgan fingerprint density at radius 3 is 2.70 bits per heavy atom. The zero-order valence-corrected chi connectivity index (χ0v) is 13.4. The second-order valence-electron chi connectivity index (χ2n) is 3.85. The maximum Gasteiger partial charge on any atom is 0.193 e. The molecule has 5 nitrogen and oxygen atoms in total. The van der Waals surface area contributed by atoms with Gasteiger partial charge in [0.25, 0.3) is 0 Å². The summed E-state index contributed by atoms with van der Waals surface area (Å²) in [7, 11) is 1.61. The fourth-order valence-electron chi connectivity index (χ4n) is 1.58. The molecule has 6 heteroatoms. The van der Waals surface area contributed by atoms with Gasteiger partial charge >= 0.3 is 0 Å². The highest BCUT2D eigenvalue weighted by Crippen LogP contribution is 2.22. The molecular formula is C14H17IN4O. The molecule has 0 aliphatic carbocycles. The van der Waals surface area contributed by atoms with Gasteiger partial charge in [0.15, 0.2) is 5.96 Å². The molecule has 1 aromatic carbocycles. The van der Waals surface area contributed by atoms with E-state index in [1.165, 1.54) is 0 Å². The van der Waals surface area contributed by atoms with E-state index in [-0.39, 0.29) is 24.0 Å². The van der Waals surface area contributed by atoms with Gasteiger partial charge in [0.2, 0.25) is 0 Å². The van der Waals surface area contributed by atoms with Crippen LogP contribution in [0.25, 0.3) is 0 Å². The standard InChI is InChI=1S/C14H16N4O.HI/c1-19-13-8-3-2-7-12(13)18-14(15)17-10-11-6-4-5-9-16-11;/h2-9H,10H2,1H3,(H3,15,17,18);1H. The van der Waals surface area contributed by atoms with Crippen LogP contribution in [0.5, 0.6) is 5.75 Å². The first-order valence-corrected chi connectivity index (χ1v) is 5.89. The summed E-state index contributed by atoms with van der Waals surface area (Å²) in [6.45, 7) is 0.439. The number of guanidine groups is 1. The topological polar surface area (TPSA) is 72.5 Å². The molecule has 0 amide bonds. The van der Waals surface area contributed by atoms with Crippen LogP contribution < -0.4 is 15.8 Å². The first-order valence-electron chi connectivity index (χ1n) is 5.89. The van der Waals surface area contributed by atoms with E-state index < -0.39 is 0 Å². The predicted octanol–water partition coefficient (Wildman–Crippen LogP) is 2.64. The summed E-state index contributed by atoms with van der Waals surface area (Å²) in [5.74, 6) is 1.05. The number of ether oxygens (including phenoxy) is 1. The minimum absolute atomic E-state index is 0. The Balaban J connectivity index is 0.00000200. The number of benzene rings is 1. The van der Waals surface area contributed by atoms with Crippen molar-refractivity contribution in [2.45, 2.75) is 6.54 Å². The molecule has 1 aromatic heterocycles. The number of nitrogens with one attached hydrogen (secondary N) is 1. The summed E-state index contributed by atoms with van der Waals surface area (Å²) in [6.07, 6.45) is 1.73. The lowest BCUT2D eigenvalue weighted by atomic mass is 10.3. The van der Waals surface area contributed by atoms with Crippen LogP contribution >= 0.6 is 24.0 Å². The molecule has 106 valence electrons. The van der Waals surface area contributed by atoms with E-state index in [0.29, 0.717) is 12.5 Å². The van der Waals surface area contributed by atoms with Gasteiger partial charge in [0.1, 0.15) is 5.75 Å². The monoisotopic (exact) mass is 384 g/mol. The van der Waals surface area contributed by atoms with E-state index in [0.717, 1.165) is 17.1 Å². The van der Waals surface area contributed by atoms with E-state index in [2.05, 4.69) is 15.3 Å². The van der Waals surface area contributed by atoms with Crippen LogP contribution in [0.15, 0.2) is 53.7 Å². The summed E-state index contributed by atoms with van der Waals surface area (Å²) < 4.78 is 5.22. The minimum Gasteiger partial charge on any atom is -0.495 e. The van der Waals surface area contributed by atoms with Gasteiger partial charge in [-0.1, -0.05) is 18.2 Å². The van der Waals surface area contributed by atoms with Gasteiger partial charge in [-0.15, -0.1) is 24.0 Å². The maximum absolute atomic E-state index is 5.83. The van der Waals surface area contributed by atoms with Crippen LogP contribution in [-0.4, -0.2) is 18.1 Å². The Kier molecular flexibility index (Phi) is 6.78. The lowest BCUT2D eigenvalue weighted by molar-refractivity contribution is 0.417. The van der Waals surface area contributed by atoms with Gasteiger partial charge in [-0.25, -0.2) is 4.99 Å². The lowest BCUT2D eigenvalue weighted by Gasteiger charge is -2.09. The Hall–Kier alpha value is -1.83. The normalized spacial score (nSPS) is 10.6. The number of hydrogen-bond donors (Lipinski definition) is 2. The number of aromatic nitrogens is 1. The van der Waals surface area contributed by atoms with Crippen molar-refractivity contribution in [1.82, 2.24) is 4.98 Å². The van der Waals surface area contributed by atoms with Gasteiger partial charge in [-0.2, -0.15) is 0 Å². The third kappa shape index (κ3) is 4.69. The summed E-state index contributed by atoms with van der Waals surface area (Å²) in [5.41, 5.74) is 7.49. The first kappa shape index (κ1) is 16.2. The molecule has 0 aliphatic rings. The zero-order chi connectivity index (χ0) is 13.5. The lowest BCUT2D eigenvalue weighted by Crippen LogP contribution is -2.23. The van der Waals surface area contributed by atoms with Crippen molar-refractivity contribution in [1.29, 1.82) is 0 Å². The number of methoxy groups -OCH3 is 1. The van der Waals surface area contributed by atoms with E-state index in [1.54, 1.807) is 13.3 Å². The van der Waals surface area contributed by atoms with Crippen LogP contribution in [0, 0.1) is 0 Å². The van der Waals surface area contributed by atoms with E-state index >= 15 is 0 Å². The highest BCUT2D eigenvalue weighted by Gasteiger charge is 2.02. The fraction of sp³-hybridized carbons (Fsp3) is 0.143. The predicted molar refractivity (Wildman–Crippen MR) is 91.6 cm³/mol. The van der Waals surface area contributed by atoms with Gasteiger partial charge in [-0.05, 0) is 24.3 Å². The molecule has 0 fully saturated rings. The minimum atomic E-state index is 0. The van der Waals surface area contributed by atoms with Crippen molar-refractivity contribution in [3.63, 3.8) is 0 Å². The van der Waals surface area contributed by atoms with Crippen molar-refractivity contribution >= 4 is 35.6 Å². The SMILES string of the molecule is COc1ccccc1NC(N)=NCc1ccccn1.I. The average Bonchev–Trinajstić information content (AvgIpc) is 2.47. The van der Waals surface area contributed by atoms with E-state index in [1.807, 2.05) is 42.5 Å². The Morgan fingerprint density at radius 1 is 1.25 bits per heavy atom. The van der Waals surface area contributed by atoms with Crippen LogP contribution in [-0.2, 0) is 6.54 Å². The molecular weight excluding hydrogens is 367 g/mol. The third-order valence-corrected chi connectivity index (χ3v) is 2.51.